The summed E-state index contributed by atoms with van der Waals surface area (Å²) in [5.74, 6) is 0.689. The predicted molar refractivity (Wildman–Crippen MR) is 147 cm³/mol. The van der Waals surface area contributed by atoms with Gasteiger partial charge in [-0.25, -0.2) is 19.3 Å². The maximum atomic E-state index is 14.7. The molecule has 0 saturated carbocycles. The second-order valence-electron chi connectivity index (χ2n) is 9.67. The van der Waals surface area contributed by atoms with E-state index in [1.165, 1.54) is 31.3 Å². The van der Waals surface area contributed by atoms with Crippen LogP contribution in [0.2, 0.25) is 0 Å². The number of benzene rings is 2. The highest BCUT2D eigenvalue weighted by Gasteiger charge is 2.18. The van der Waals surface area contributed by atoms with E-state index in [2.05, 4.69) is 35.0 Å². The van der Waals surface area contributed by atoms with Crippen LogP contribution >= 0.6 is 0 Å². The van der Waals surface area contributed by atoms with E-state index < -0.39 is 0 Å². The molecule has 9 nitrogen and oxygen atoms in total. The molecule has 1 fully saturated rings. The Morgan fingerprint density at radius 3 is 2.64 bits per heavy atom. The van der Waals surface area contributed by atoms with Crippen LogP contribution in [0.4, 0.5) is 4.39 Å². The number of rotatable bonds is 7. The normalized spacial score (nSPS) is 14.0. The number of ether oxygens (including phenoxy) is 1. The summed E-state index contributed by atoms with van der Waals surface area (Å²) < 4.78 is 20.6. The number of aromatic nitrogens is 7. The first kappa shape index (κ1) is 23.4. The molecule has 7 rings (SSSR count). The molecule has 0 unspecified atom stereocenters. The number of pyridine rings is 1. The second kappa shape index (κ2) is 9.88. The van der Waals surface area contributed by atoms with E-state index in [4.69, 9.17) is 9.72 Å². The van der Waals surface area contributed by atoms with E-state index in [-0.39, 0.29) is 5.82 Å². The van der Waals surface area contributed by atoms with Crippen molar-refractivity contribution in [3.8, 4) is 39.7 Å². The van der Waals surface area contributed by atoms with Crippen LogP contribution in [0.1, 0.15) is 12.8 Å². The summed E-state index contributed by atoms with van der Waals surface area (Å²) in [6, 6.07) is 12.6. The van der Waals surface area contributed by atoms with Crippen LogP contribution in [-0.2, 0) is 0 Å². The van der Waals surface area contributed by atoms with Crippen molar-refractivity contribution in [3.05, 3.63) is 73.2 Å². The third kappa shape index (κ3) is 4.59. The summed E-state index contributed by atoms with van der Waals surface area (Å²) in [5, 5.41) is 8.53. The zero-order valence-corrected chi connectivity index (χ0v) is 21.1. The number of fused-ring (bicyclic) bond motifs is 2. The van der Waals surface area contributed by atoms with Gasteiger partial charge in [-0.3, -0.25) is 15.0 Å². The average Bonchev–Trinajstić information content (AvgIpc) is 3.72. The van der Waals surface area contributed by atoms with Gasteiger partial charge in [0.15, 0.2) is 5.82 Å². The van der Waals surface area contributed by atoms with Crippen LogP contribution < -0.4 is 4.74 Å². The lowest BCUT2D eigenvalue weighted by Gasteiger charge is -2.15. The van der Waals surface area contributed by atoms with E-state index >= 15 is 0 Å². The molecule has 1 saturated heterocycles. The van der Waals surface area contributed by atoms with Crippen molar-refractivity contribution in [1.29, 1.82) is 0 Å². The number of likely N-dealkylation sites (tertiary alicyclic amines) is 1. The molecule has 0 radical (unpaired) electrons. The molecule has 2 N–H and O–H groups in total. The Bertz CT molecular complexity index is 1780. The molecule has 1 aliphatic rings. The van der Waals surface area contributed by atoms with E-state index in [9.17, 15) is 4.39 Å². The number of halogens is 1. The number of aromatic amines is 2. The van der Waals surface area contributed by atoms with Crippen molar-refractivity contribution in [1.82, 2.24) is 40.0 Å². The van der Waals surface area contributed by atoms with Crippen LogP contribution in [0.25, 0.3) is 55.8 Å². The van der Waals surface area contributed by atoms with Gasteiger partial charge in [0.2, 0.25) is 0 Å². The number of hydrogen-bond donors (Lipinski definition) is 2. The smallest absolute Gasteiger partial charge is 0.159 e. The minimum Gasteiger partial charge on any atom is -0.492 e. The number of imidazole rings is 1. The topological polar surface area (TPSA) is 108 Å². The van der Waals surface area contributed by atoms with Crippen LogP contribution in [0, 0.1) is 5.82 Å². The number of hydrogen-bond acceptors (Lipinski definition) is 7. The Hall–Kier alpha value is -4.70. The minimum absolute atomic E-state index is 0.381. The molecule has 5 heterocycles. The highest BCUT2D eigenvalue weighted by molar-refractivity contribution is 5.97. The van der Waals surface area contributed by atoms with Crippen LogP contribution in [0.15, 0.2) is 67.4 Å². The van der Waals surface area contributed by atoms with Crippen molar-refractivity contribution in [3.63, 3.8) is 0 Å². The van der Waals surface area contributed by atoms with Crippen LogP contribution in [0.5, 0.6) is 5.75 Å². The average molecular weight is 521 g/mol. The lowest BCUT2D eigenvalue weighted by atomic mass is 10.1. The van der Waals surface area contributed by atoms with E-state index in [1.807, 2.05) is 30.3 Å². The fourth-order valence-electron chi connectivity index (χ4n) is 5.16. The van der Waals surface area contributed by atoms with Gasteiger partial charge in [0.1, 0.15) is 35.7 Å². The summed E-state index contributed by atoms with van der Waals surface area (Å²) in [5.41, 5.74) is 6.02. The SMILES string of the molecule is Fc1cc(OCCN2CCCC2)cc(-c2nccc3[nH]c(-c4n[nH]c5ccc(-c6cncnc6)cc45)nc23)c1. The molecular formula is C29H25FN8O. The van der Waals surface area contributed by atoms with Crippen LogP contribution in [-0.4, -0.2) is 66.3 Å². The molecule has 0 spiro atoms. The first-order valence-electron chi connectivity index (χ1n) is 13.0. The van der Waals surface area contributed by atoms with Gasteiger partial charge < -0.3 is 9.72 Å². The maximum Gasteiger partial charge on any atom is 0.159 e. The van der Waals surface area contributed by atoms with Crippen molar-refractivity contribution < 1.29 is 9.13 Å². The van der Waals surface area contributed by atoms with Gasteiger partial charge in [-0.15, -0.1) is 0 Å². The second-order valence-corrected chi connectivity index (χ2v) is 9.67. The Kier molecular flexibility index (Phi) is 5.93. The van der Waals surface area contributed by atoms with Gasteiger partial charge in [0.25, 0.3) is 0 Å². The molecule has 6 aromatic rings. The van der Waals surface area contributed by atoms with Gasteiger partial charge in [-0.2, -0.15) is 5.10 Å². The quantitative estimate of drug-likeness (QED) is 0.296. The molecule has 1 aliphatic heterocycles. The number of H-pyrrole nitrogens is 2. The molecule has 39 heavy (non-hydrogen) atoms. The summed E-state index contributed by atoms with van der Waals surface area (Å²) in [6.45, 7) is 3.53. The largest absolute Gasteiger partial charge is 0.492 e. The Labute approximate surface area is 223 Å². The summed E-state index contributed by atoms with van der Waals surface area (Å²) >= 11 is 0. The van der Waals surface area contributed by atoms with Gasteiger partial charge in [-0.05, 0) is 61.8 Å². The first-order chi connectivity index (χ1) is 19.2. The predicted octanol–water partition coefficient (Wildman–Crippen LogP) is 5.24. The molecular weight excluding hydrogens is 495 g/mol. The van der Waals surface area contributed by atoms with Gasteiger partial charge in [-0.1, -0.05) is 6.07 Å². The van der Waals surface area contributed by atoms with E-state index in [0.29, 0.717) is 40.6 Å². The highest BCUT2D eigenvalue weighted by Crippen LogP contribution is 2.33. The number of nitrogens with one attached hydrogen (secondary N) is 2. The van der Waals surface area contributed by atoms with Gasteiger partial charge in [0.05, 0.1) is 16.7 Å². The van der Waals surface area contributed by atoms with Gasteiger partial charge >= 0.3 is 0 Å². The Morgan fingerprint density at radius 2 is 1.77 bits per heavy atom. The fraction of sp³-hybridized carbons (Fsp3) is 0.207. The lowest BCUT2D eigenvalue weighted by molar-refractivity contribution is 0.237. The molecule has 194 valence electrons. The summed E-state index contributed by atoms with van der Waals surface area (Å²) in [7, 11) is 0. The maximum absolute atomic E-state index is 14.7. The van der Waals surface area contributed by atoms with Crippen LogP contribution in [0.3, 0.4) is 0 Å². The first-order valence-corrected chi connectivity index (χ1v) is 13.0. The Morgan fingerprint density at radius 1 is 0.897 bits per heavy atom. The van der Waals surface area contributed by atoms with E-state index in [1.54, 1.807) is 18.6 Å². The number of nitrogens with zero attached hydrogens (tertiary/aromatic N) is 6. The standard InChI is InChI=1S/C29H25FN8O/c30-21-11-19(12-22(14-21)39-10-9-38-7-1-2-8-38)26-28-25(5-6-33-26)34-29(35-28)27-23-13-18(3-4-24(23)36-37-27)20-15-31-17-32-16-20/h3-6,11-17H,1-2,7-10H2,(H,34,35)(H,36,37). The monoisotopic (exact) mass is 520 g/mol. The van der Waals surface area contributed by atoms with Crippen molar-refractivity contribution >= 4 is 21.9 Å². The fourth-order valence-corrected chi connectivity index (χ4v) is 5.16. The van der Waals surface area contributed by atoms with Crippen molar-refractivity contribution in [2.24, 2.45) is 0 Å². The highest BCUT2D eigenvalue weighted by atomic mass is 19.1. The summed E-state index contributed by atoms with van der Waals surface area (Å²) in [6.07, 6.45) is 9.19. The minimum atomic E-state index is -0.381. The zero-order chi connectivity index (χ0) is 26.2. The van der Waals surface area contributed by atoms with Crippen molar-refractivity contribution in [2.75, 3.05) is 26.2 Å². The molecule has 0 atom stereocenters. The summed E-state index contributed by atoms with van der Waals surface area (Å²) in [4.78, 5) is 23.4. The van der Waals surface area contributed by atoms with Crippen molar-refractivity contribution in [2.45, 2.75) is 12.8 Å². The molecule has 10 heteroatoms. The third-order valence-corrected chi connectivity index (χ3v) is 7.10. The molecule has 2 aromatic carbocycles. The third-order valence-electron chi connectivity index (χ3n) is 7.10. The molecule has 0 aliphatic carbocycles. The molecule has 4 aromatic heterocycles. The molecule has 0 bridgehead atoms. The zero-order valence-electron chi connectivity index (χ0n) is 21.1. The van der Waals surface area contributed by atoms with Gasteiger partial charge in [0, 0.05) is 47.7 Å². The Balaban J connectivity index is 1.23. The molecule has 0 amide bonds. The lowest BCUT2D eigenvalue weighted by Crippen LogP contribution is -2.25. The van der Waals surface area contributed by atoms with E-state index in [0.717, 1.165) is 47.2 Å².